The van der Waals surface area contributed by atoms with Crippen molar-refractivity contribution in [2.75, 3.05) is 6.54 Å². The maximum absolute atomic E-state index is 14.6. The molecule has 1 N–H and O–H groups in total. The van der Waals surface area contributed by atoms with Crippen LogP contribution in [0.15, 0.2) is 54.6 Å². The van der Waals surface area contributed by atoms with Gasteiger partial charge in [-0.2, -0.15) is 5.10 Å². The largest absolute Gasteiger partial charge is 0.435 e. The van der Waals surface area contributed by atoms with Crippen molar-refractivity contribution < 1.29 is 13.9 Å². The second-order valence-corrected chi connectivity index (χ2v) is 10.6. The third kappa shape index (κ3) is 6.21. The van der Waals surface area contributed by atoms with Crippen LogP contribution in [0.4, 0.5) is 9.18 Å². The van der Waals surface area contributed by atoms with E-state index in [0.29, 0.717) is 24.9 Å². The standard InChI is InChI=1S/C28H35FN4O2/c1-19(2)25-22(18-32(17-20-15-16-20)27(34)30-28(3,4)5)26(35-24-14-10-9-13-23(24)29)33(31-25)21-11-7-6-8-12-21/h6-14,19-20H,15-18H2,1-5H3,(H,30,34). The first-order chi connectivity index (χ1) is 16.6. The number of halogens is 1. The Kier molecular flexibility index (Phi) is 7.15. The summed E-state index contributed by atoms with van der Waals surface area (Å²) in [5, 5.41) is 8.00. The van der Waals surface area contributed by atoms with Gasteiger partial charge < -0.3 is 15.0 Å². The van der Waals surface area contributed by atoms with Crippen molar-refractivity contribution in [3.8, 4) is 17.3 Å². The first kappa shape index (κ1) is 24.8. The number of aromatic nitrogens is 2. The Labute approximate surface area is 207 Å². The third-order valence-corrected chi connectivity index (χ3v) is 5.85. The molecule has 1 aromatic heterocycles. The highest BCUT2D eigenvalue weighted by molar-refractivity contribution is 5.75. The fourth-order valence-electron chi connectivity index (χ4n) is 3.97. The average molecular weight is 479 g/mol. The van der Waals surface area contributed by atoms with E-state index in [1.807, 2.05) is 56.0 Å². The monoisotopic (exact) mass is 478 g/mol. The van der Waals surface area contributed by atoms with Crippen molar-refractivity contribution in [1.82, 2.24) is 20.0 Å². The van der Waals surface area contributed by atoms with Crippen LogP contribution in [0.5, 0.6) is 11.6 Å². The summed E-state index contributed by atoms with van der Waals surface area (Å²) < 4.78 is 22.6. The molecule has 0 unspecified atom stereocenters. The number of urea groups is 1. The van der Waals surface area contributed by atoms with Gasteiger partial charge in [0.15, 0.2) is 11.6 Å². The van der Waals surface area contributed by atoms with E-state index in [1.54, 1.807) is 22.9 Å². The molecule has 2 amide bonds. The lowest BCUT2D eigenvalue weighted by Crippen LogP contribution is -2.48. The fourth-order valence-corrected chi connectivity index (χ4v) is 3.97. The predicted octanol–water partition coefficient (Wildman–Crippen LogP) is 6.65. The summed E-state index contributed by atoms with van der Waals surface area (Å²) in [7, 11) is 0. The lowest BCUT2D eigenvalue weighted by atomic mass is 10.1. The molecule has 3 aromatic rings. The van der Waals surface area contributed by atoms with Gasteiger partial charge in [0.05, 0.1) is 23.5 Å². The summed E-state index contributed by atoms with van der Waals surface area (Å²) in [5.41, 5.74) is 2.06. The van der Waals surface area contributed by atoms with Gasteiger partial charge in [0.25, 0.3) is 0 Å². The van der Waals surface area contributed by atoms with Crippen LogP contribution in [-0.2, 0) is 6.54 Å². The van der Waals surface area contributed by atoms with E-state index in [1.165, 1.54) is 6.07 Å². The number of amides is 2. The van der Waals surface area contributed by atoms with Gasteiger partial charge in [-0.05, 0) is 69.7 Å². The molecule has 0 atom stereocenters. The number of hydrogen-bond acceptors (Lipinski definition) is 3. The SMILES string of the molecule is CC(C)c1nn(-c2ccccc2)c(Oc2ccccc2F)c1CN(CC1CC1)C(=O)NC(C)(C)C. The Morgan fingerprint density at radius 3 is 2.40 bits per heavy atom. The quantitative estimate of drug-likeness (QED) is 0.394. The van der Waals surface area contributed by atoms with Gasteiger partial charge in [-0.25, -0.2) is 13.9 Å². The molecule has 0 radical (unpaired) electrons. The van der Waals surface area contributed by atoms with E-state index in [0.717, 1.165) is 29.8 Å². The van der Waals surface area contributed by atoms with E-state index in [2.05, 4.69) is 19.2 Å². The molecule has 1 saturated carbocycles. The molecule has 1 aliphatic carbocycles. The van der Waals surface area contributed by atoms with Crippen molar-refractivity contribution in [3.63, 3.8) is 0 Å². The second-order valence-electron chi connectivity index (χ2n) is 10.6. The average Bonchev–Trinajstić information content (AvgIpc) is 3.54. The Bertz CT molecular complexity index is 1160. The van der Waals surface area contributed by atoms with Gasteiger partial charge in [-0.1, -0.05) is 44.2 Å². The summed E-state index contributed by atoms with van der Waals surface area (Å²) in [6.07, 6.45) is 2.25. The maximum atomic E-state index is 14.6. The van der Waals surface area contributed by atoms with Crippen molar-refractivity contribution in [2.24, 2.45) is 5.92 Å². The summed E-state index contributed by atoms with van der Waals surface area (Å²) >= 11 is 0. The predicted molar refractivity (Wildman–Crippen MR) is 136 cm³/mol. The van der Waals surface area contributed by atoms with Crippen molar-refractivity contribution >= 4 is 6.03 Å². The van der Waals surface area contributed by atoms with Crippen LogP contribution in [0.1, 0.15) is 64.6 Å². The number of rotatable bonds is 8. The molecule has 0 bridgehead atoms. The molecule has 6 nitrogen and oxygen atoms in total. The topological polar surface area (TPSA) is 59.4 Å². The van der Waals surface area contributed by atoms with Crippen LogP contribution in [0, 0.1) is 11.7 Å². The Morgan fingerprint density at radius 1 is 1.14 bits per heavy atom. The van der Waals surface area contributed by atoms with Crippen LogP contribution in [0.25, 0.3) is 5.69 Å². The van der Waals surface area contributed by atoms with Crippen LogP contribution in [-0.4, -0.2) is 32.8 Å². The summed E-state index contributed by atoms with van der Waals surface area (Å²) in [4.78, 5) is 15.1. The molecule has 4 rings (SSSR count). The molecular weight excluding hydrogens is 443 g/mol. The lowest BCUT2D eigenvalue weighted by molar-refractivity contribution is 0.182. The summed E-state index contributed by atoms with van der Waals surface area (Å²) in [6, 6.07) is 15.9. The molecule has 0 spiro atoms. The number of hydrogen-bond donors (Lipinski definition) is 1. The highest BCUT2D eigenvalue weighted by Crippen LogP contribution is 2.37. The number of nitrogens with one attached hydrogen (secondary N) is 1. The fraction of sp³-hybridized carbons (Fsp3) is 0.429. The number of benzene rings is 2. The van der Waals surface area contributed by atoms with E-state index in [9.17, 15) is 9.18 Å². The highest BCUT2D eigenvalue weighted by Gasteiger charge is 2.32. The van der Waals surface area contributed by atoms with Gasteiger partial charge in [0, 0.05) is 12.1 Å². The van der Waals surface area contributed by atoms with Gasteiger partial charge >= 0.3 is 6.03 Å². The molecule has 0 aliphatic heterocycles. The van der Waals surface area contributed by atoms with E-state index in [-0.39, 0.29) is 23.2 Å². The molecule has 186 valence electrons. The third-order valence-electron chi connectivity index (χ3n) is 5.85. The van der Waals surface area contributed by atoms with Gasteiger partial charge in [-0.3, -0.25) is 0 Å². The maximum Gasteiger partial charge on any atom is 0.318 e. The van der Waals surface area contributed by atoms with Crippen LogP contribution >= 0.6 is 0 Å². The minimum absolute atomic E-state index is 0.0754. The zero-order chi connectivity index (χ0) is 25.2. The molecule has 7 heteroatoms. The van der Waals surface area contributed by atoms with Crippen molar-refractivity contribution in [2.45, 2.75) is 65.5 Å². The Hall–Kier alpha value is -3.35. The summed E-state index contributed by atoms with van der Waals surface area (Å²) in [5.74, 6) is 0.670. The number of para-hydroxylation sites is 2. The number of carbonyl (C=O) groups is 1. The number of ether oxygens (including phenoxy) is 1. The second kappa shape index (κ2) is 10.1. The number of nitrogens with zero attached hydrogens (tertiary/aromatic N) is 3. The van der Waals surface area contributed by atoms with Crippen LogP contribution in [0.3, 0.4) is 0 Å². The van der Waals surface area contributed by atoms with Gasteiger partial charge in [0.1, 0.15) is 0 Å². The van der Waals surface area contributed by atoms with E-state index in [4.69, 9.17) is 9.84 Å². The molecule has 0 saturated heterocycles. The minimum atomic E-state index is -0.453. The number of carbonyl (C=O) groups excluding carboxylic acids is 1. The summed E-state index contributed by atoms with van der Waals surface area (Å²) in [6.45, 7) is 11.0. The molecule has 2 aromatic carbocycles. The van der Waals surface area contributed by atoms with E-state index < -0.39 is 5.82 Å². The normalized spacial score (nSPS) is 13.7. The van der Waals surface area contributed by atoms with Gasteiger partial charge in [-0.15, -0.1) is 0 Å². The molecular formula is C28H35FN4O2. The van der Waals surface area contributed by atoms with E-state index >= 15 is 0 Å². The molecule has 1 aliphatic rings. The van der Waals surface area contributed by atoms with Crippen LogP contribution < -0.4 is 10.1 Å². The molecule has 35 heavy (non-hydrogen) atoms. The smallest absolute Gasteiger partial charge is 0.318 e. The zero-order valence-electron chi connectivity index (χ0n) is 21.2. The molecule has 1 fully saturated rings. The van der Waals surface area contributed by atoms with Crippen LogP contribution in [0.2, 0.25) is 0 Å². The van der Waals surface area contributed by atoms with Gasteiger partial charge in [0.2, 0.25) is 5.88 Å². The first-order valence-electron chi connectivity index (χ1n) is 12.3. The van der Waals surface area contributed by atoms with Crippen molar-refractivity contribution in [1.29, 1.82) is 0 Å². The molecule has 1 heterocycles. The zero-order valence-corrected chi connectivity index (χ0v) is 21.2. The highest BCUT2D eigenvalue weighted by atomic mass is 19.1. The van der Waals surface area contributed by atoms with Crippen molar-refractivity contribution in [3.05, 3.63) is 71.7 Å². The Morgan fingerprint density at radius 2 is 1.80 bits per heavy atom. The first-order valence-corrected chi connectivity index (χ1v) is 12.3. The lowest BCUT2D eigenvalue weighted by Gasteiger charge is -2.29. The minimum Gasteiger partial charge on any atom is -0.435 e. The Balaban J connectivity index is 1.80.